The van der Waals surface area contributed by atoms with Crippen molar-refractivity contribution in [2.24, 2.45) is 0 Å². The third kappa shape index (κ3) is 1.67. The molecule has 1 aromatic heterocycles. The lowest BCUT2D eigenvalue weighted by molar-refractivity contribution is 0.743. The standard InChI is InChI=1S/C9H10BrNO/c1-3-6-11-7(2)8(10)4-5-9(11)12/h3-5H,1,6H2,2H3. The average Bonchev–Trinajstić information content (AvgIpc) is 2.06. The molecule has 1 aromatic rings. The van der Waals surface area contributed by atoms with Crippen molar-refractivity contribution in [2.45, 2.75) is 13.5 Å². The molecule has 0 fully saturated rings. The van der Waals surface area contributed by atoms with Gasteiger partial charge in [-0.3, -0.25) is 4.79 Å². The summed E-state index contributed by atoms with van der Waals surface area (Å²) in [7, 11) is 0. The second-order valence-corrected chi connectivity index (χ2v) is 3.36. The highest BCUT2D eigenvalue weighted by molar-refractivity contribution is 9.10. The minimum atomic E-state index is 0.00981. The normalized spacial score (nSPS) is 9.83. The van der Waals surface area contributed by atoms with Crippen molar-refractivity contribution >= 4 is 15.9 Å². The molecule has 0 amide bonds. The van der Waals surface area contributed by atoms with Gasteiger partial charge in [-0.15, -0.1) is 6.58 Å². The molecule has 0 spiro atoms. The van der Waals surface area contributed by atoms with Crippen molar-refractivity contribution in [3.63, 3.8) is 0 Å². The molecular weight excluding hydrogens is 218 g/mol. The maximum Gasteiger partial charge on any atom is 0.251 e. The molecule has 2 nitrogen and oxygen atoms in total. The fourth-order valence-corrected chi connectivity index (χ4v) is 1.35. The number of rotatable bonds is 2. The molecule has 0 aliphatic heterocycles. The average molecular weight is 228 g/mol. The largest absolute Gasteiger partial charge is 0.308 e. The van der Waals surface area contributed by atoms with Gasteiger partial charge in [-0.25, -0.2) is 0 Å². The molecule has 3 heteroatoms. The topological polar surface area (TPSA) is 22.0 Å². The van der Waals surface area contributed by atoms with E-state index in [2.05, 4.69) is 22.5 Å². The SMILES string of the molecule is C=CCn1c(C)c(Br)ccc1=O. The smallest absolute Gasteiger partial charge is 0.251 e. The molecule has 0 saturated carbocycles. The lowest BCUT2D eigenvalue weighted by atomic mass is 10.3. The summed E-state index contributed by atoms with van der Waals surface area (Å²) in [5.74, 6) is 0. The van der Waals surface area contributed by atoms with Crippen LogP contribution in [-0.4, -0.2) is 4.57 Å². The molecule has 1 heterocycles. The monoisotopic (exact) mass is 227 g/mol. The Bertz CT molecular complexity index is 354. The Morgan fingerprint density at radius 1 is 1.67 bits per heavy atom. The van der Waals surface area contributed by atoms with Gasteiger partial charge in [-0.05, 0) is 28.9 Å². The van der Waals surface area contributed by atoms with Crippen LogP contribution in [0.15, 0.2) is 34.1 Å². The van der Waals surface area contributed by atoms with E-state index in [9.17, 15) is 4.79 Å². The van der Waals surface area contributed by atoms with Crippen molar-refractivity contribution < 1.29 is 0 Å². The van der Waals surface area contributed by atoms with E-state index >= 15 is 0 Å². The molecule has 0 unspecified atom stereocenters. The van der Waals surface area contributed by atoms with Crippen LogP contribution in [-0.2, 0) is 6.54 Å². The van der Waals surface area contributed by atoms with Crippen LogP contribution in [0, 0.1) is 6.92 Å². The van der Waals surface area contributed by atoms with Crippen LogP contribution in [0.4, 0.5) is 0 Å². The van der Waals surface area contributed by atoms with Crippen molar-refractivity contribution in [2.75, 3.05) is 0 Å². The molecule has 12 heavy (non-hydrogen) atoms. The van der Waals surface area contributed by atoms with Crippen molar-refractivity contribution in [1.82, 2.24) is 4.57 Å². The van der Waals surface area contributed by atoms with E-state index in [-0.39, 0.29) is 5.56 Å². The highest BCUT2D eigenvalue weighted by Gasteiger charge is 2.00. The molecule has 0 bridgehead atoms. The third-order valence-corrected chi connectivity index (χ3v) is 2.54. The van der Waals surface area contributed by atoms with E-state index in [1.807, 2.05) is 6.92 Å². The first-order valence-corrected chi connectivity index (χ1v) is 4.43. The number of halogens is 1. The molecule has 0 aromatic carbocycles. The quantitative estimate of drug-likeness (QED) is 0.710. The van der Waals surface area contributed by atoms with Crippen molar-refractivity contribution in [3.8, 4) is 0 Å². The van der Waals surface area contributed by atoms with Crippen molar-refractivity contribution in [1.29, 1.82) is 0 Å². The number of nitrogens with zero attached hydrogens (tertiary/aromatic N) is 1. The van der Waals surface area contributed by atoms with Gasteiger partial charge in [0.1, 0.15) is 0 Å². The highest BCUT2D eigenvalue weighted by Crippen LogP contribution is 2.12. The van der Waals surface area contributed by atoms with Crippen LogP contribution in [0.1, 0.15) is 5.69 Å². The van der Waals surface area contributed by atoms with Crippen LogP contribution in [0.3, 0.4) is 0 Å². The van der Waals surface area contributed by atoms with Gasteiger partial charge < -0.3 is 4.57 Å². The molecular formula is C9H10BrNO. The van der Waals surface area contributed by atoms with E-state index in [0.717, 1.165) is 10.2 Å². The number of aromatic nitrogens is 1. The summed E-state index contributed by atoms with van der Waals surface area (Å²) in [5, 5.41) is 0. The zero-order valence-electron chi connectivity index (χ0n) is 6.88. The summed E-state index contributed by atoms with van der Waals surface area (Å²) in [5.41, 5.74) is 0.943. The van der Waals surface area contributed by atoms with E-state index in [4.69, 9.17) is 0 Å². The Morgan fingerprint density at radius 3 is 2.92 bits per heavy atom. The van der Waals surface area contributed by atoms with Gasteiger partial charge in [0.25, 0.3) is 5.56 Å². The first kappa shape index (κ1) is 9.26. The maximum absolute atomic E-state index is 11.3. The molecule has 0 aliphatic rings. The number of allylic oxidation sites excluding steroid dienone is 1. The zero-order chi connectivity index (χ0) is 9.14. The fraction of sp³-hybridized carbons (Fsp3) is 0.222. The van der Waals surface area contributed by atoms with Crippen molar-refractivity contribution in [3.05, 3.63) is 45.3 Å². The number of hydrogen-bond donors (Lipinski definition) is 0. The lowest BCUT2D eigenvalue weighted by Crippen LogP contribution is -2.20. The molecule has 0 N–H and O–H groups in total. The van der Waals surface area contributed by atoms with Gasteiger partial charge in [0.15, 0.2) is 0 Å². The molecule has 64 valence electrons. The first-order valence-electron chi connectivity index (χ1n) is 3.63. The van der Waals surface area contributed by atoms with E-state index in [0.29, 0.717) is 6.54 Å². The Hall–Kier alpha value is -0.830. The van der Waals surface area contributed by atoms with Gasteiger partial charge in [-0.1, -0.05) is 6.08 Å². The van der Waals surface area contributed by atoms with Gasteiger partial charge >= 0.3 is 0 Å². The van der Waals surface area contributed by atoms with Gasteiger partial charge in [0.05, 0.1) is 0 Å². The van der Waals surface area contributed by atoms with E-state index in [1.165, 1.54) is 0 Å². The second kappa shape index (κ2) is 3.72. The minimum absolute atomic E-state index is 0.00981. The van der Waals surface area contributed by atoms with Crippen LogP contribution < -0.4 is 5.56 Å². The van der Waals surface area contributed by atoms with Crippen LogP contribution in [0.25, 0.3) is 0 Å². The zero-order valence-corrected chi connectivity index (χ0v) is 8.47. The predicted octanol–water partition coefficient (Wildman–Crippen LogP) is 2.11. The summed E-state index contributed by atoms with van der Waals surface area (Å²) in [6.07, 6.45) is 1.71. The molecule has 1 rings (SSSR count). The van der Waals surface area contributed by atoms with Crippen LogP contribution in [0.2, 0.25) is 0 Å². The molecule has 0 saturated heterocycles. The van der Waals surface area contributed by atoms with Gasteiger partial charge in [0.2, 0.25) is 0 Å². The fourth-order valence-electron chi connectivity index (χ4n) is 1.01. The molecule has 0 radical (unpaired) electrons. The Balaban J connectivity index is 3.32. The predicted molar refractivity (Wildman–Crippen MR) is 53.3 cm³/mol. The van der Waals surface area contributed by atoms with Crippen LogP contribution in [0.5, 0.6) is 0 Å². The molecule has 0 atom stereocenters. The first-order chi connectivity index (χ1) is 5.66. The highest BCUT2D eigenvalue weighted by atomic mass is 79.9. The lowest BCUT2D eigenvalue weighted by Gasteiger charge is -2.07. The summed E-state index contributed by atoms with van der Waals surface area (Å²) in [4.78, 5) is 11.3. The number of hydrogen-bond acceptors (Lipinski definition) is 1. The summed E-state index contributed by atoms with van der Waals surface area (Å²) in [6.45, 7) is 6.05. The molecule has 0 aliphatic carbocycles. The van der Waals surface area contributed by atoms with Gasteiger partial charge in [-0.2, -0.15) is 0 Å². The second-order valence-electron chi connectivity index (χ2n) is 2.50. The third-order valence-electron chi connectivity index (χ3n) is 1.70. The Labute approximate surface area is 79.7 Å². The number of pyridine rings is 1. The summed E-state index contributed by atoms with van der Waals surface area (Å²) in [6, 6.07) is 3.30. The van der Waals surface area contributed by atoms with Crippen LogP contribution >= 0.6 is 15.9 Å². The minimum Gasteiger partial charge on any atom is -0.308 e. The Morgan fingerprint density at radius 2 is 2.33 bits per heavy atom. The summed E-state index contributed by atoms with van der Waals surface area (Å²) < 4.78 is 2.61. The van der Waals surface area contributed by atoms with E-state index < -0.39 is 0 Å². The Kier molecular flexibility index (Phi) is 2.87. The maximum atomic E-state index is 11.3. The van der Waals surface area contributed by atoms with E-state index in [1.54, 1.807) is 22.8 Å². The summed E-state index contributed by atoms with van der Waals surface area (Å²) >= 11 is 3.36. The van der Waals surface area contributed by atoms with Gasteiger partial charge in [0, 0.05) is 22.8 Å².